The summed E-state index contributed by atoms with van der Waals surface area (Å²) in [6, 6.07) is 13.9. The number of hydrogen-bond donors (Lipinski definition) is 2. The van der Waals surface area contributed by atoms with E-state index in [0.29, 0.717) is 5.02 Å². The molecule has 3 rings (SSSR count). The van der Waals surface area contributed by atoms with Crippen molar-refractivity contribution in [3.8, 4) is 0 Å². The first kappa shape index (κ1) is 13.9. The highest BCUT2D eigenvalue weighted by Crippen LogP contribution is 2.32. The lowest BCUT2D eigenvalue weighted by Gasteiger charge is -2.31. The summed E-state index contributed by atoms with van der Waals surface area (Å²) in [5.74, 6) is 0. The van der Waals surface area contributed by atoms with Gasteiger partial charge in [-0.15, -0.1) is 0 Å². The Kier molecular flexibility index (Phi) is 4.01. The smallest absolute Gasteiger partial charge is 0.0991 e. The minimum Gasteiger partial charge on any atom is -0.386 e. The zero-order chi connectivity index (χ0) is 14.1. The standard InChI is InChI=1S/C16H15BrClNO/c17-12-7-5-11(9-13(12)18)16(20)15-8-6-10-3-1-2-4-14(10)19-15/h1-5,7,9,15-16,19-20H,6,8H2. The first-order valence-electron chi connectivity index (χ1n) is 6.62. The van der Waals surface area contributed by atoms with E-state index < -0.39 is 6.10 Å². The molecule has 4 heteroatoms. The van der Waals surface area contributed by atoms with E-state index in [0.717, 1.165) is 28.6 Å². The lowest BCUT2D eigenvalue weighted by atomic mass is 9.92. The average Bonchev–Trinajstić information content (AvgIpc) is 2.49. The fourth-order valence-corrected chi connectivity index (χ4v) is 3.06. The Morgan fingerprint density at radius 3 is 2.85 bits per heavy atom. The van der Waals surface area contributed by atoms with Crippen LogP contribution in [0.3, 0.4) is 0 Å². The van der Waals surface area contributed by atoms with Gasteiger partial charge in [-0.3, -0.25) is 0 Å². The molecule has 20 heavy (non-hydrogen) atoms. The van der Waals surface area contributed by atoms with Crippen molar-refractivity contribution in [3.63, 3.8) is 0 Å². The Bertz CT molecular complexity index is 632. The van der Waals surface area contributed by atoms with Crippen LogP contribution in [0.2, 0.25) is 5.02 Å². The molecule has 1 heterocycles. The Hall–Kier alpha value is -1.03. The van der Waals surface area contributed by atoms with E-state index in [1.165, 1.54) is 5.56 Å². The van der Waals surface area contributed by atoms with Crippen LogP contribution in [0, 0.1) is 0 Å². The number of para-hydroxylation sites is 1. The maximum absolute atomic E-state index is 10.5. The van der Waals surface area contributed by atoms with E-state index in [4.69, 9.17) is 11.6 Å². The van der Waals surface area contributed by atoms with Gasteiger partial charge in [0.2, 0.25) is 0 Å². The molecule has 1 aliphatic rings. The molecular weight excluding hydrogens is 338 g/mol. The first-order chi connectivity index (χ1) is 9.65. The Labute approximate surface area is 131 Å². The van der Waals surface area contributed by atoms with Crippen LogP contribution >= 0.6 is 27.5 Å². The van der Waals surface area contributed by atoms with Gasteiger partial charge in [0.25, 0.3) is 0 Å². The number of fused-ring (bicyclic) bond motifs is 1. The van der Waals surface area contributed by atoms with Gasteiger partial charge < -0.3 is 10.4 Å². The largest absolute Gasteiger partial charge is 0.386 e. The second-order valence-electron chi connectivity index (χ2n) is 5.07. The fraction of sp³-hybridized carbons (Fsp3) is 0.250. The quantitative estimate of drug-likeness (QED) is 0.830. The highest BCUT2D eigenvalue weighted by molar-refractivity contribution is 9.10. The molecule has 0 saturated carbocycles. The van der Waals surface area contributed by atoms with Crippen LogP contribution in [0.4, 0.5) is 5.69 Å². The van der Waals surface area contributed by atoms with Crippen molar-refractivity contribution < 1.29 is 5.11 Å². The zero-order valence-corrected chi connectivity index (χ0v) is 13.2. The van der Waals surface area contributed by atoms with Crippen LogP contribution in [0.15, 0.2) is 46.9 Å². The summed E-state index contributed by atoms with van der Waals surface area (Å²) in [6.45, 7) is 0. The monoisotopic (exact) mass is 351 g/mol. The number of rotatable bonds is 2. The summed E-state index contributed by atoms with van der Waals surface area (Å²) in [7, 11) is 0. The van der Waals surface area contributed by atoms with Gasteiger partial charge in [-0.05, 0) is 58.1 Å². The summed E-state index contributed by atoms with van der Waals surface area (Å²) >= 11 is 9.47. The van der Waals surface area contributed by atoms with E-state index in [1.807, 2.05) is 30.3 Å². The third-order valence-corrected chi connectivity index (χ3v) is 4.98. The minimum atomic E-state index is -0.561. The normalized spacial score (nSPS) is 19.1. The van der Waals surface area contributed by atoms with E-state index >= 15 is 0 Å². The van der Waals surface area contributed by atoms with Crippen molar-refractivity contribution in [2.24, 2.45) is 0 Å². The van der Waals surface area contributed by atoms with Crippen molar-refractivity contribution in [2.45, 2.75) is 25.0 Å². The fourth-order valence-electron chi connectivity index (χ4n) is 2.63. The Morgan fingerprint density at radius 2 is 2.05 bits per heavy atom. The van der Waals surface area contributed by atoms with Crippen LogP contribution < -0.4 is 5.32 Å². The molecule has 0 spiro atoms. The molecule has 0 fully saturated rings. The zero-order valence-electron chi connectivity index (χ0n) is 10.8. The predicted octanol–water partition coefficient (Wildman–Crippen LogP) is 4.56. The van der Waals surface area contributed by atoms with Crippen LogP contribution in [-0.2, 0) is 6.42 Å². The molecule has 0 aliphatic carbocycles. The highest BCUT2D eigenvalue weighted by atomic mass is 79.9. The number of nitrogens with one attached hydrogen (secondary N) is 1. The van der Waals surface area contributed by atoms with E-state index in [1.54, 1.807) is 0 Å². The van der Waals surface area contributed by atoms with E-state index in [9.17, 15) is 5.11 Å². The van der Waals surface area contributed by atoms with E-state index in [-0.39, 0.29) is 6.04 Å². The molecule has 2 atom stereocenters. The van der Waals surface area contributed by atoms with Crippen LogP contribution in [0.5, 0.6) is 0 Å². The van der Waals surface area contributed by atoms with Crippen LogP contribution in [0.1, 0.15) is 23.7 Å². The average molecular weight is 353 g/mol. The lowest BCUT2D eigenvalue weighted by Crippen LogP contribution is -2.31. The molecule has 0 saturated heterocycles. The summed E-state index contributed by atoms with van der Waals surface area (Å²) in [6.07, 6.45) is 1.33. The maximum Gasteiger partial charge on any atom is 0.0991 e. The number of anilines is 1. The lowest BCUT2D eigenvalue weighted by molar-refractivity contribution is 0.149. The number of halogens is 2. The number of hydrogen-bond acceptors (Lipinski definition) is 2. The molecule has 0 bridgehead atoms. The van der Waals surface area contributed by atoms with Crippen molar-refractivity contribution in [3.05, 3.63) is 63.1 Å². The van der Waals surface area contributed by atoms with Gasteiger partial charge in [0.05, 0.1) is 17.2 Å². The summed E-state index contributed by atoms with van der Waals surface area (Å²) in [5, 5.41) is 14.6. The van der Waals surface area contributed by atoms with Gasteiger partial charge in [0.15, 0.2) is 0 Å². The van der Waals surface area contributed by atoms with Crippen molar-refractivity contribution in [1.82, 2.24) is 0 Å². The summed E-state index contributed by atoms with van der Waals surface area (Å²) < 4.78 is 0.845. The molecule has 0 amide bonds. The van der Waals surface area contributed by atoms with Crippen molar-refractivity contribution in [2.75, 3.05) is 5.32 Å². The van der Waals surface area contributed by atoms with E-state index in [2.05, 4.69) is 33.4 Å². The van der Waals surface area contributed by atoms with Gasteiger partial charge >= 0.3 is 0 Å². The third kappa shape index (κ3) is 2.71. The van der Waals surface area contributed by atoms with Crippen LogP contribution in [0.25, 0.3) is 0 Å². The number of aryl methyl sites for hydroxylation is 1. The first-order valence-corrected chi connectivity index (χ1v) is 7.79. The Morgan fingerprint density at radius 1 is 1.25 bits per heavy atom. The maximum atomic E-state index is 10.5. The van der Waals surface area contributed by atoms with Crippen molar-refractivity contribution in [1.29, 1.82) is 0 Å². The number of benzene rings is 2. The molecule has 2 aromatic rings. The molecular formula is C16H15BrClNO. The van der Waals surface area contributed by atoms with Gasteiger partial charge in [-0.25, -0.2) is 0 Å². The molecule has 2 unspecified atom stereocenters. The second kappa shape index (κ2) is 5.76. The topological polar surface area (TPSA) is 32.3 Å². The molecule has 2 nitrogen and oxygen atoms in total. The molecule has 2 aromatic carbocycles. The molecule has 0 aromatic heterocycles. The summed E-state index contributed by atoms with van der Waals surface area (Å²) in [5.41, 5.74) is 3.27. The SMILES string of the molecule is OC(c1ccc(Br)c(Cl)c1)C1CCc2ccccc2N1. The second-order valence-corrected chi connectivity index (χ2v) is 6.33. The van der Waals surface area contributed by atoms with Crippen molar-refractivity contribution >= 4 is 33.2 Å². The highest BCUT2D eigenvalue weighted by Gasteiger charge is 2.25. The predicted molar refractivity (Wildman–Crippen MR) is 86.3 cm³/mol. The number of aliphatic hydroxyl groups is 1. The minimum absolute atomic E-state index is 0.0159. The van der Waals surface area contributed by atoms with Gasteiger partial charge in [-0.2, -0.15) is 0 Å². The van der Waals surface area contributed by atoms with Crippen LogP contribution in [-0.4, -0.2) is 11.1 Å². The van der Waals surface area contributed by atoms with Gasteiger partial charge in [0.1, 0.15) is 0 Å². The van der Waals surface area contributed by atoms with Gasteiger partial charge in [-0.1, -0.05) is 35.9 Å². The molecule has 104 valence electrons. The molecule has 2 N–H and O–H groups in total. The summed E-state index contributed by atoms with van der Waals surface area (Å²) in [4.78, 5) is 0. The molecule has 1 aliphatic heterocycles. The Balaban J connectivity index is 1.82. The van der Waals surface area contributed by atoms with Gasteiger partial charge in [0, 0.05) is 10.2 Å². The third-order valence-electron chi connectivity index (χ3n) is 3.75. The number of aliphatic hydroxyl groups excluding tert-OH is 1. The molecule has 0 radical (unpaired) electrons.